The van der Waals surface area contributed by atoms with Crippen molar-refractivity contribution < 1.29 is 52.8 Å². The number of alkyl carbamates (subject to hydrolysis) is 1. The van der Waals surface area contributed by atoms with Crippen molar-refractivity contribution in [1.82, 2.24) is 24.4 Å². The van der Waals surface area contributed by atoms with Crippen LogP contribution in [0, 0.1) is 0 Å². The molecule has 2 aromatic rings. The second kappa shape index (κ2) is 11.1. The van der Waals surface area contributed by atoms with Gasteiger partial charge in [0.2, 0.25) is 0 Å². The number of aromatic amines is 2. The predicted molar refractivity (Wildman–Crippen MR) is 127 cm³/mol. The van der Waals surface area contributed by atoms with Gasteiger partial charge in [0.1, 0.15) is 30.5 Å². The van der Waals surface area contributed by atoms with Crippen LogP contribution in [0.1, 0.15) is 18.0 Å². The van der Waals surface area contributed by atoms with Crippen LogP contribution in [0.15, 0.2) is 37.6 Å². The number of carbonyl (C=O) groups is 1. The molecule has 0 aliphatic carbocycles. The number of hydrogen-bond donors (Lipinski definition) is 7. The average Bonchev–Trinajstić information content (AvgIpc) is 3.37. The number of phosphoric ester groups is 1. The maximum absolute atomic E-state index is 12.9. The summed E-state index contributed by atoms with van der Waals surface area (Å²) in [6, 6.07) is 0.943. The molecule has 224 valence electrons. The van der Waals surface area contributed by atoms with Crippen LogP contribution in [0.4, 0.5) is 4.79 Å². The Morgan fingerprint density at radius 3 is 2.41 bits per heavy atom. The van der Waals surface area contributed by atoms with E-state index in [4.69, 9.17) is 23.3 Å². The molecule has 1 amide bonds. The van der Waals surface area contributed by atoms with Gasteiger partial charge in [-0.25, -0.2) is 18.9 Å². The Labute approximate surface area is 226 Å². The molecule has 9 atom stereocenters. The fraction of sp³-hybridized carbons (Fsp3) is 0.550. The Hall–Kier alpha value is -3.46. The first-order chi connectivity index (χ1) is 19.4. The molecular weight excluding hydrogens is 581 g/mol. The van der Waals surface area contributed by atoms with Gasteiger partial charge < -0.3 is 39.7 Å². The monoisotopic (exact) mass is 605 g/mol. The van der Waals surface area contributed by atoms with Crippen molar-refractivity contribution in [3.63, 3.8) is 0 Å². The summed E-state index contributed by atoms with van der Waals surface area (Å²) >= 11 is 0. The first-order valence-corrected chi connectivity index (χ1v) is 13.4. The van der Waals surface area contributed by atoms with Gasteiger partial charge in [0.05, 0.1) is 25.3 Å². The van der Waals surface area contributed by atoms with Crippen molar-refractivity contribution in [2.75, 3.05) is 13.2 Å². The molecule has 0 spiro atoms. The minimum absolute atomic E-state index is 0.212. The molecule has 41 heavy (non-hydrogen) atoms. The van der Waals surface area contributed by atoms with E-state index in [1.54, 1.807) is 0 Å². The van der Waals surface area contributed by atoms with Crippen LogP contribution in [-0.2, 0) is 34.4 Å². The number of nitrogens with one attached hydrogen (secondary N) is 3. The Bertz CT molecular complexity index is 1600. The van der Waals surface area contributed by atoms with Crippen LogP contribution < -0.4 is 27.8 Å². The third kappa shape index (κ3) is 5.69. The van der Waals surface area contributed by atoms with E-state index in [-0.39, 0.29) is 5.56 Å². The second-order valence-corrected chi connectivity index (χ2v) is 10.6. The molecule has 21 heteroatoms. The van der Waals surface area contributed by atoms with E-state index in [9.17, 15) is 48.8 Å². The van der Waals surface area contributed by atoms with E-state index in [0.717, 1.165) is 27.6 Å². The van der Waals surface area contributed by atoms with Crippen molar-refractivity contribution in [3.05, 3.63) is 65.7 Å². The van der Waals surface area contributed by atoms with E-state index < -0.39 is 105 Å². The number of aromatic nitrogens is 4. The van der Waals surface area contributed by atoms with Crippen LogP contribution in [0.3, 0.4) is 0 Å². The summed E-state index contributed by atoms with van der Waals surface area (Å²) in [6.07, 6.45) is -12.4. The number of carbonyl (C=O) groups excluding carboxylic acids is 1. The van der Waals surface area contributed by atoms with E-state index >= 15 is 0 Å². The lowest BCUT2D eigenvalue weighted by atomic mass is 10.1. The highest BCUT2D eigenvalue weighted by Gasteiger charge is 2.53. The summed E-state index contributed by atoms with van der Waals surface area (Å²) in [5.74, 6) is 0. The quantitative estimate of drug-likeness (QED) is 0.159. The number of H-pyrrole nitrogens is 2. The molecule has 7 N–H and O–H groups in total. The molecule has 3 aliphatic heterocycles. The fourth-order valence-corrected chi connectivity index (χ4v) is 5.54. The smallest absolute Gasteiger partial charge is 0.438 e. The predicted octanol–water partition coefficient (Wildman–Crippen LogP) is -4.29. The molecule has 20 nitrogen and oxygen atoms in total. The van der Waals surface area contributed by atoms with E-state index in [2.05, 4.69) is 5.32 Å². The van der Waals surface area contributed by atoms with Crippen LogP contribution >= 0.6 is 7.82 Å². The van der Waals surface area contributed by atoms with Crippen molar-refractivity contribution in [1.29, 1.82) is 0 Å². The van der Waals surface area contributed by atoms with E-state index in [0.29, 0.717) is 0 Å². The lowest BCUT2D eigenvalue weighted by Gasteiger charge is -2.26. The lowest BCUT2D eigenvalue weighted by Crippen LogP contribution is -2.43. The highest BCUT2D eigenvalue weighted by molar-refractivity contribution is 7.47. The molecule has 0 aromatic carbocycles. The van der Waals surface area contributed by atoms with Gasteiger partial charge in [-0.15, -0.1) is 0 Å². The molecule has 0 radical (unpaired) electrons. The van der Waals surface area contributed by atoms with Gasteiger partial charge in [0, 0.05) is 18.5 Å². The van der Waals surface area contributed by atoms with Crippen LogP contribution in [-0.4, -0.2) is 95.2 Å². The minimum atomic E-state index is -5.15. The van der Waals surface area contributed by atoms with Crippen molar-refractivity contribution >= 4 is 13.9 Å². The van der Waals surface area contributed by atoms with Gasteiger partial charge >= 0.3 is 25.3 Å². The number of hydrogen-bond acceptors (Lipinski definition) is 14. The zero-order valence-corrected chi connectivity index (χ0v) is 21.5. The number of aliphatic hydroxyl groups is 3. The summed E-state index contributed by atoms with van der Waals surface area (Å²) in [5, 5.41) is 33.0. The summed E-state index contributed by atoms with van der Waals surface area (Å²) in [4.78, 5) is 75.9. The van der Waals surface area contributed by atoms with Gasteiger partial charge in [-0.2, -0.15) is 0 Å². The van der Waals surface area contributed by atoms with Crippen LogP contribution in [0.5, 0.6) is 0 Å². The minimum Gasteiger partial charge on any atom is -0.438 e. The van der Waals surface area contributed by atoms with Gasteiger partial charge in [-0.1, -0.05) is 0 Å². The summed E-state index contributed by atoms with van der Waals surface area (Å²) in [7, 11) is -5.15. The fourth-order valence-electron chi connectivity index (χ4n) is 4.58. The molecule has 0 saturated carbocycles. The Morgan fingerprint density at radius 2 is 1.71 bits per heavy atom. The number of fused-ring (bicyclic) bond motifs is 6. The molecule has 3 aliphatic rings. The van der Waals surface area contributed by atoms with Gasteiger partial charge in [-0.05, 0) is 0 Å². The molecular formula is C20H24N5O15P. The summed E-state index contributed by atoms with van der Waals surface area (Å²) < 4.78 is 40.9. The molecule has 5 heterocycles. The van der Waals surface area contributed by atoms with E-state index in [1.807, 2.05) is 9.97 Å². The average molecular weight is 605 g/mol. The third-order valence-electron chi connectivity index (χ3n) is 6.57. The standard InChI is InChI=1S/C20H24N5O15P/c26-5-8-13-14(17(37-8)24-2-1-10(27)22-18(24)31)39-20(33)21-3-7-4-25(19(32)23-15(7)30)16-12(29)11(28)9(38-16)6-36-41(34,35)40-13/h1-2,4,8-9,11-14,16-17,26,28-29H,3,5-6H2,(H,21,33)(H,34,35)(H,22,27,31)(H,23,30,32)/t8-,9-,11-,12-,13-,14-,16-,17-/m1/s1. The number of rotatable bonds is 2. The Kier molecular flexibility index (Phi) is 7.85. The number of amides is 1. The molecule has 1 unspecified atom stereocenters. The van der Waals surface area contributed by atoms with Crippen molar-refractivity contribution in [2.45, 2.75) is 55.6 Å². The van der Waals surface area contributed by atoms with Crippen LogP contribution in [0.25, 0.3) is 0 Å². The highest BCUT2D eigenvalue weighted by Crippen LogP contribution is 2.49. The summed E-state index contributed by atoms with van der Waals surface area (Å²) in [6.45, 7) is -2.29. The molecule has 2 aromatic heterocycles. The number of ether oxygens (including phenoxy) is 3. The van der Waals surface area contributed by atoms with Gasteiger partial charge in [0.25, 0.3) is 11.1 Å². The van der Waals surface area contributed by atoms with Gasteiger partial charge in [0.15, 0.2) is 18.6 Å². The maximum Gasteiger partial charge on any atom is 0.472 e. The van der Waals surface area contributed by atoms with E-state index in [1.165, 1.54) is 0 Å². The van der Waals surface area contributed by atoms with Gasteiger partial charge in [-0.3, -0.25) is 37.7 Å². The number of phosphoric acid groups is 1. The van der Waals surface area contributed by atoms with Crippen molar-refractivity contribution in [3.8, 4) is 0 Å². The third-order valence-corrected chi connectivity index (χ3v) is 7.55. The normalized spacial score (nSPS) is 35.9. The zero-order valence-electron chi connectivity index (χ0n) is 20.6. The summed E-state index contributed by atoms with van der Waals surface area (Å²) in [5.41, 5.74) is -3.95. The molecule has 2 saturated heterocycles. The number of aliphatic hydroxyl groups excluding tert-OH is 3. The van der Waals surface area contributed by atoms with Crippen LogP contribution in [0.2, 0.25) is 0 Å². The molecule has 4 bridgehead atoms. The first kappa shape index (κ1) is 29.0. The highest BCUT2D eigenvalue weighted by atomic mass is 31.2. The Morgan fingerprint density at radius 1 is 0.976 bits per heavy atom. The number of nitrogens with zero attached hydrogens (tertiary/aromatic N) is 2. The second-order valence-electron chi connectivity index (χ2n) is 9.19. The largest absolute Gasteiger partial charge is 0.472 e. The maximum atomic E-state index is 12.9. The van der Waals surface area contributed by atoms with Crippen molar-refractivity contribution in [2.24, 2.45) is 0 Å². The molecule has 2 fully saturated rings. The lowest BCUT2D eigenvalue weighted by molar-refractivity contribution is -0.0615. The SMILES string of the molecule is O=C1NCc2cn(c(=O)[nH]c2=O)[C@@H]2O[C@H](COP(=O)(O)O[C@H]3[C@@H](O1)[C@H](n1ccc(=O)[nH]c1=O)O[C@@H]3CO)[C@@H](O)[C@H]2O. The molecule has 5 rings (SSSR count). The Balaban J connectivity index is 1.54. The zero-order chi connectivity index (χ0) is 29.6. The topological polar surface area (TPSA) is 283 Å². The first-order valence-electron chi connectivity index (χ1n) is 11.9.